The van der Waals surface area contributed by atoms with E-state index in [4.69, 9.17) is 9.84 Å². The lowest BCUT2D eigenvalue weighted by molar-refractivity contribution is -0.150. The second-order valence-corrected chi connectivity index (χ2v) is 4.18. The van der Waals surface area contributed by atoms with E-state index in [1.54, 1.807) is 6.92 Å². The molecule has 0 aliphatic rings. The van der Waals surface area contributed by atoms with Gasteiger partial charge in [0.25, 0.3) is 0 Å². The predicted molar refractivity (Wildman–Crippen MR) is 62.0 cm³/mol. The number of hydrogen-bond acceptors (Lipinski definition) is 3. The Morgan fingerprint density at radius 2 is 1.89 bits per heavy atom. The lowest BCUT2D eigenvalue weighted by atomic mass is 9.79. The number of carbonyl (C=O) groups excluding carboxylic acids is 1. The van der Waals surface area contributed by atoms with Crippen molar-refractivity contribution in [2.75, 3.05) is 13.2 Å². The first-order valence-corrected chi connectivity index (χ1v) is 5.68. The molecule has 0 bridgehead atoms. The summed E-state index contributed by atoms with van der Waals surface area (Å²) in [5.41, 5.74) is -1.10. The number of halogens is 2. The highest BCUT2D eigenvalue weighted by molar-refractivity contribution is 5.82. The molecule has 100 valence electrons. The zero-order chi connectivity index (χ0) is 13.8. The summed E-state index contributed by atoms with van der Waals surface area (Å²) in [5, 5.41) is 9.02. The minimum absolute atomic E-state index is 0.0364. The van der Waals surface area contributed by atoms with Crippen LogP contribution in [-0.4, -0.2) is 24.3 Å². The fraction of sp³-hybridized carbons (Fsp3) is 0.462. The summed E-state index contributed by atoms with van der Waals surface area (Å²) < 4.78 is 31.3. The van der Waals surface area contributed by atoms with E-state index in [1.807, 2.05) is 0 Å². The summed E-state index contributed by atoms with van der Waals surface area (Å²) in [6.45, 7) is 3.02. The second kappa shape index (κ2) is 5.91. The summed E-state index contributed by atoms with van der Waals surface area (Å²) in [5.74, 6) is -2.14. The average molecular weight is 258 g/mol. The number of ether oxygens (including phenoxy) is 1. The van der Waals surface area contributed by atoms with Gasteiger partial charge in [0.15, 0.2) is 0 Å². The fourth-order valence-electron chi connectivity index (χ4n) is 1.75. The van der Waals surface area contributed by atoms with Gasteiger partial charge in [-0.3, -0.25) is 4.79 Å². The summed E-state index contributed by atoms with van der Waals surface area (Å²) >= 11 is 0. The van der Waals surface area contributed by atoms with Gasteiger partial charge in [0.1, 0.15) is 11.6 Å². The minimum Gasteiger partial charge on any atom is -0.465 e. The first-order chi connectivity index (χ1) is 8.43. The van der Waals surface area contributed by atoms with Crippen molar-refractivity contribution < 1.29 is 23.4 Å². The van der Waals surface area contributed by atoms with Crippen molar-refractivity contribution in [2.45, 2.75) is 25.7 Å². The zero-order valence-corrected chi connectivity index (χ0v) is 10.4. The van der Waals surface area contributed by atoms with Crippen molar-refractivity contribution in [2.24, 2.45) is 0 Å². The third-order valence-electron chi connectivity index (χ3n) is 2.84. The van der Waals surface area contributed by atoms with Crippen LogP contribution in [0.5, 0.6) is 0 Å². The molecule has 0 saturated heterocycles. The van der Waals surface area contributed by atoms with Gasteiger partial charge in [-0.25, -0.2) is 8.78 Å². The molecule has 18 heavy (non-hydrogen) atoms. The smallest absolute Gasteiger partial charge is 0.316 e. The van der Waals surface area contributed by atoms with E-state index in [-0.39, 0.29) is 25.2 Å². The molecule has 1 atom stereocenters. The lowest BCUT2D eigenvalue weighted by Crippen LogP contribution is -2.35. The van der Waals surface area contributed by atoms with E-state index in [0.29, 0.717) is 0 Å². The maximum absolute atomic E-state index is 13.2. The Morgan fingerprint density at radius 3 is 2.33 bits per heavy atom. The van der Waals surface area contributed by atoms with Crippen molar-refractivity contribution in [3.05, 3.63) is 35.4 Å². The number of esters is 1. The Morgan fingerprint density at radius 1 is 1.33 bits per heavy atom. The normalized spacial score (nSPS) is 14.1. The molecule has 0 heterocycles. The summed E-state index contributed by atoms with van der Waals surface area (Å²) in [6, 6.07) is 2.89. The SMILES string of the molecule is CCOC(=O)C(C)(CCO)c1cc(F)cc(F)c1. The van der Waals surface area contributed by atoms with Gasteiger partial charge in [-0.1, -0.05) is 0 Å². The monoisotopic (exact) mass is 258 g/mol. The van der Waals surface area contributed by atoms with Crippen LogP contribution in [0, 0.1) is 11.6 Å². The molecule has 0 saturated carbocycles. The Hall–Kier alpha value is -1.49. The number of aliphatic hydroxyl groups excluding tert-OH is 1. The van der Waals surface area contributed by atoms with Crippen molar-refractivity contribution >= 4 is 5.97 Å². The fourth-order valence-corrected chi connectivity index (χ4v) is 1.75. The van der Waals surface area contributed by atoms with Crippen LogP contribution in [0.4, 0.5) is 8.78 Å². The highest BCUT2D eigenvalue weighted by Crippen LogP contribution is 2.30. The standard InChI is InChI=1S/C13H16F2O3/c1-3-18-12(17)13(2,4-5-16)9-6-10(14)8-11(15)7-9/h6-8,16H,3-5H2,1-2H3. The van der Waals surface area contributed by atoms with Gasteiger partial charge in [-0.05, 0) is 38.0 Å². The van der Waals surface area contributed by atoms with Gasteiger partial charge in [0.05, 0.1) is 12.0 Å². The highest BCUT2D eigenvalue weighted by Gasteiger charge is 2.36. The summed E-state index contributed by atoms with van der Waals surface area (Å²) in [6.07, 6.45) is 0.0364. The van der Waals surface area contributed by atoms with Gasteiger partial charge in [-0.15, -0.1) is 0 Å². The van der Waals surface area contributed by atoms with Gasteiger partial charge in [0, 0.05) is 12.7 Å². The van der Waals surface area contributed by atoms with E-state index in [9.17, 15) is 13.6 Å². The largest absolute Gasteiger partial charge is 0.465 e. The Bertz CT molecular complexity index is 414. The molecule has 1 rings (SSSR count). The number of aliphatic hydroxyl groups is 1. The van der Waals surface area contributed by atoms with Crippen LogP contribution < -0.4 is 0 Å². The van der Waals surface area contributed by atoms with Crippen molar-refractivity contribution in [3.8, 4) is 0 Å². The van der Waals surface area contributed by atoms with Crippen LogP contribution in [0.15, 0.2) is 18.2 Å². The first kappa shape index (κ1) is 14.6. The van der Waals surface area contributed by atoms with Crippen LogP contribution in [-0.2, 0) is 14.9 Å². The molecule has 0 radical (unpaired) electrons. The predicted octanol–water partition coefficient (Wildman–Crippen LogP) is 2.17. The van der Waals surface area contributed by atoms with E-state index in [1.165, 1.54) is 6.92 Å². The molecule has 0 aliphatic heterocycles. The molecule has 0 aliphatic carbocycles. The van der Waals surface area contributed by atoms with Crippen molar-refractivity contribution in [1.82, 2.24) is 0 Å². The van der Waals surface area contributed by atoms with Crippen LogP contribution in [0.3, 0.4) is 0 Å². The molecule has 0 amide bonds. The first-order valence-electron chi connectivity index (χ1n) is 5.68. The Kier molecular flexibility index (Phi) is 4.78. The third kappa shape index (κ3) is 3.04. The molecule has 3 nitrogen and oxygen atoms in total. The molecule has 0 fully saturated rings. The highest BCUT2D eigenvalue weighted by atomic mass is 19.1. The summed E-state index contributed by atoms with van der Waals surface area (Å²) in [7, 11) is 0. The number of carbonyl (C=O) groups is 1. The van der Waals surface area contributed by atoms with Crippen LogP contribution in [0.1, 0.15) is 25.8 Å². The van der Waals surface area contributed by atoms with E-state index in [2.05, 4.69) is 0 Å². The third-order valence-corrected chi connectivity index (χ3v) is 2.84. The van der Waals surface area contributed by atoms with Crippen molar-refractivity contribution in [1.29, 1.82) is 0 Å². The Balaban J connectivity index is 3.21. The van der Waals surface area contributed by atoms with Gasteiger partial charge < -0.3 is 9.84 Å². The topological polar surface area (TPSA) is 46.5 Å². The molecular formula is C13H16F2O3. The van der Waals surface area contributed by atoms with Crippen LogP contribution in [0.25, 0.3) is 0 Å². The lowest BCUT2D eigenvalue weighted by Gasteiger charge is -2.27. The molecule has 1 N–H and O–H groups in total. The Labute approximate surface area is 104 Å². The number of rotatable bonds is 5. The van der Waals surface area contributed by atoms with E-state index in [0.717, 1.165) is 18.2 Å². The zero-order valence-electron chi connectivity index (χ0n) is 10.4. The van der Waals surface area contributed by atoms with Gasteiger partial charge >= 0.3 is 5.97 Å². The molecule has 5 heteroatoms. The molecular weight excluding hydrogens is 242 g/mol. The molecule has 1 unspecified atom stereocenters. The molecule has 1 aromatic carbocycles. The van der Waals surface area contributed by atoms with Crippen LogP contribution in [0.2, 0.25) is 0 Å². The maximum atomic E-state index is 13.2. The number of hydrogen-bond donors (Lipinski definition) is 1. The van der Waals surface area contributed by atoms with Crippen LogP contribution >= 0.6 is 0 Å². The molecule has 1 aromatic rings. The van der Waals surface area contributed by atoms with Crippen molar-refractivity contribution in [3.63, 3.8) is 0 Å². The van der Waals surface area contributed by atoms with E-state index >= 15 is 0 Å². The van der Waals surface area contributed by atoms with Gasteiger partial charge in [-0.2, -0.15) is 0 Å². The summed E-state index contributed by atoms with van der Waals surface area (Å²) in [4.78, 5) is 11.9. The van der Waals surface area contributed by atoms with Gasteiger partial charge in [0.2, 0.25) is 0 Å². The van der Waals surface area contributed by atoms with E-state index < -0.39 is 23.0 Å². The quantitative estimate of drug-likeness (QED) is 0.823. The molecule has 0 aromatic heterocycles. The minimum atomic E-state index is -1.26. The molecule has 0 spiro atoms. The number of benzene rings is 1. The second-order valence-electron chi connectivity index (χ2n) is 4.18. The average Bonchev–Trinajstić information content (AvgIpc) is 2.28. The maximum Gasteiger partial charge on any atom is 0.316 e.